The Morgan fingerprint density at radius 2 is 1.67 bits per heavy atom. The van der Waals surface area contributed by atoms with Gasteiger partial charge in [0.15, 0.2) is 0 Å². The fraction of sp³-hybridized carbons (Fsp3) is 0.600. The smallest absolute Gasteiger partial charge is 0.128 e. The van der Waals surface area contributed by atoms with E-state index in [0.29, 0.717) is 18.6 Å². The molecule has 3 nitrogen and oxygen atoms in total. The van der Waals surface area contributed by atoms with Gasteiger partial charge in [-0.15, -0.1) is 0 Å². The third kappa shape index (κ3) is 1.97. The number of phenolic OH excluding ortho intramolecular Hbond substituents is 2. The van der Waals surface area contributed by atoms with Gasteiger partial charge in [0.2, 0.25) is 0 Å². The molecule has 0 aliphatic carbocycles. The monoisotopic (exact) mass is 250 g/mol. The average Bonchev–Trinajstić information content (AvgIpc) is 2.39. The second-order valence-electron chi connectivity index (χ2n) is 4.86. The highest BCUT2D eigenvalue weighted by Crippen LogP contribution is 2.41. The minimum atomic E-state index is 0.203. The van der Waals surface area contributed by atoms with E-state index in [2.05, 4.69) is 6.92 Å². The molecule has 1 aromatic rings. The Balaban J connectivity index is 2.60. The summed E-state index contributed by atoms with van der Waals surface area (Å²) in [5.41, 5.74) is 3.62. The first-order chi connectivity index (χ1) is 8.63. The number of aromatic hydroxyl groups is 2. The topological polar surface area (TPSA) is 49.7 Å². The van der Waals surface area contributed by atoms with Gasteiger partial charge in [0.25, 0.3) is 0 Å². The van der Waals surface area contributed by atoms with Crippen LogP contribution in [0.2, 0.25) is 0 Å². The molecule has 0 saturated heterocycles. The van der Waals surface area contributed by atoms with Crippen LogP contribution in [0.5, 0.6) is 11.5 Å². The van der Waals surface area contributed by atoms with Gasteiger partial charge in [-0.2, -0.15) is 0 Å². The molecule has 100 valence electrons. The molecule has 2 N–H and O–H groups in total. The number of hydrogen-bond donors (Lipinski definition) is 2. The lowest BCUT2D eigenvalue weighted by molar-refractivity contribution is 0.0247. The van der Waals surface area contributed by atoms with Crippen molar-refractivity contribution in [2.24, 2.45) is 0 Å². The van der Waals surface area contributed by atoms with Crippen molar-refractivity contribution in [1.29, 1.82) is 0 Å². The summed E-state index contributed by atoms with van der Waals surface area (Å²) in [7, 11) is 0. The van der Waals surface area contributed by atoms with Crippen molar-refractivity contribution in [3.8, 4) is 11.5 Å². The maximum Gasteiger partial charge on any atom is 0.128 e. The van der Waals surface area contributed by atoms with E-state index in [4.69, 9.17) is 4.74 Å². The van der Waals surface area contributed by atoms with Gasteiger partial charge >= 0.3 is 0 Å². The Hall–Kier alpha value is -1.22. The first-order valence-corrected chi connectivity index (χ1v) is 6.82. The molecule has 3 heteroatoms. The van der Waals surface area contributed by atoms with Gasteiger partial charge in [-0.05, 0) is 36.8 Å². The summed E-state index contributed by atoms with van der Waals surface area (Å²) in [6.45, 7) is 6.54. The van der Waals surface area contributed by atoms with Crippen LogP contribution in [0.1, 0.15) is 49.4 Å². The SMILES string of the molecule is CCc1c(O)c(CC)c2c(c1O)COC(CC)C2. The lowest BCUT2D eigenvalue weighted by Crippen LogP contribution is -2.23. The molecule has 1 heterocycles. The van der Waals surface area contributed by atoms with Crippen molar-refractivity contribution >= 4 is 0 Å². The summed E-state index contributed by atoms with van der Waals surface area (Å²) in [5.74, 6) is 0.518. The van der Waals surface area contributed by atoms with E-state index in [-0.39, 0.29) is 17.6 Å². The number of phenols is 2. The Bertz CT molecular complexity index is 429. The zero-order valence-corrected chi connectivity index (χ0v) is 11.4. The molecular weight excluding hydrogens is 228 g/mol. The van der Waals surface area contributed by atoms with Crippen LogP contribution in [0.15, 0.2) is 0 Å². The highest BCUT2D eigenvalue weighted by Gasteiger charge is 2.27. The minimum Gasteiger partial charge on any atom is -0.507 e. The number of benzene rings is 1. The molecular formula is C15H22O3. The van der Waals surface area contributed by atoms with E-state index in [0.717, 1.165) is 36.0 Å². The van der Waals surface area contributed by atoms with Gasteiger partial charge in [-0.3, -0.25) is 0 Å². The molecule has 0 radical (unpaired) electrons. The molecule has 1 aliphatic rings. The fourth-order valence-electron chi connectivity index (χ4n) is 2.81. The first kappa shape index (κ1) is 13.2. The van der Waals surface area contributed by atoms with E-state index < -0.39 is 0 Å². The van der Waals surface area contributed by atoms with Gasteiger partial charge in [0, 0.05) is 11.1 Å². The van der Waals surface area contributed by atoms with Crippen LogP contribution in [0.3, 0.4) is 0 Å². The normalized spacial score (nSPS) is 18.7. The fourth-order valence-corrected chi connectivity index (χ4v) is 2.81. The van der Waals surface area contributed by atoms with Crippen LogP contribution in [0.4, 0.5) is 0 Å². The summed E-state index contributed by atoms with van der Waals surface area (Å²) in [6, 6.07) is 0. The summed E-state index contributed by atoms with van der Waals surface area (Å²) < 4.78 is 5.73. The van der Waals surface area contributed by atoms with E-state index in [1.807, 2.05) is 13.8 Å². The van der Waals surface area contributed by atoms with Gasteiger partial charge in [-0.25, -0.2) is 0 Å². The van der Waals surface area contributed by atoms with E-state index in [9.17, 15) is 10.2 Å². The van der Waals surface area contributed by atoms with Gasteiger partial charge in [-0.1, -0.05) is 20.8 Å². The quantitative estimate of drug-likeness (QED) is 0.866. The summed E-state index contributed by atoms with van der Waals surface area (Å²) >= 11 is 0. The number of ether oxygens (including phenoxy) is 1. The maximum atomic E-state index is 10.3. The second kappa shape index (κ2) is 5.19. The molecule has 1 unspecified atom stereocenters. The van der Waals surface area contributed by atoms with Crippen LogP contribution in [-0.4, -0.2) is 16.3 Å². The van der Waals surface area contributed by atoms with Crippen LogP contribution >= 0.6 is 0 Å². The number of fused-ring (bicyclic) bond motifs is 1. The van der Waals surface area contributed by atoms with Gasteiger partial charge in [0.05, 0.1) is 12.7 Å². The summed E-state index contributed by atoms with van der Waals surface area (Å²) in [6.07, 6.45) is 3.38. The predicted molar refractivity (Wildman–Crippen MR) is 71.1 cm³/mol. The number of hydrogen-bond acceptors (Lipinski definition) is 3. The van der Waals surface area contributed by atoms with Crippen LogP contribution < -0.4 is 0 Å². The van der Waals surface area contributed by atoms with E-state index >= 15 is 0 Å². The van der Waals surface area contributed by atoms with E-state index in [1.165, 1.54) is 0 Å². The zero-order chi connectivity index (χ0) is 13.3. The summed E-state index contributed by atoms with van der Waals surface area (Å²) in [5, 5.41) is 20.5. The zero-order valence-electron chi connectivity index (χ0n) is 11.4. The van der Waals surface area contributed by atoms with Crippen LogP contribution in [0, 0.1) is 0 Å². The largest absolute Gasteiger partial charge is 0.507 e. The van der Waals surface area contributed by atoms with Crippen molar-refractivity contribution in [1.82, 2.24) is 0 Å². The predicted octanol–water partition coefficient (Wildman–Crippen LogP) is 3.07. The third-order valence-electron chi connectivity index (χ3n) is 3.93. The Morgan fingerprint density at radius 1 is 1.00 bits per heavy atom. The molecule has 0 spiro atoms. The van der Waals surface area contributed by atoms with Crippen LogP contribution in [0.25, 0.3) is 0 Å². The average molecular weight is 250 g/mol. The minimum absolute atomic E-state index is 0.203. The van der Waals surface area contributed by atoms with Crippen molar-refractivity contribution < 1.29 is 14.9 Å². The Labute approximate surface area is 108 Å². The molecule has 1 aromatic carbocycles. The lowest BCUT2D eigenvalue weighted by Gasteiger charge is -2.29. The Kier molecular flexibility index (Phi) is 3.81. The molecule has 0 bridgehead atoms. The van der Waals surface area contributed by atoms with Crippen molar-refractivity contribution in [2.45, 2.75) is 59.2 Å². The lowest BCUT2D eigenvalue weighted by atomic mass is 9.87. The molecule has 1 aliphatic heterocycles. The van der Waals surface area contributed by atoms with E-state index in [1.54, 1.807) is 0 Å². The standard InChI is InChI=1S/C15H22O3/c1-4-9-7-12-10(5-2)14(16)11(6-3)15(17)13(12)8-18-9/h9,16-17H,4-8H2,1-3H3. The van der Waals surface area contributed by atoms with Crippen molar-refractivity contribution in [3.05, 3.63) is 22.3 Å². The highest BCUT2D eigenvalue weighted by molar-refractivity contribution is 5.58. The van der Waals surface area contributed by atoms with Crippen molar-refractivity contribution in [2.75, 3.05) is 0 Å². The molecule has 0 amide bonds. The van der Waals surface area contributed by atoms with Crippen molar-refractivity contribution in [3.63, 3.8) is 0 Å². The molecule has 1 atom stereocenters. The molecule has 0 fully saturated rings. The summed E-state index contributed by atoms with van der Waals surface area (Å²) in [4.78, 5) is 0. The van der Waals surface area contributed by atoms with Gasteiger partial charge < -0.3 is 14.9 Å². The van der Waals surface area contributed by atoms with Gasteiger partial charge in [0.1, 0.15) is 11.5 Å². The Morgan fingerprint density at radius 3 is 2.22 bits per heavy atom. The molecule has 0 saturated carbocycles. The molecule has 2 rings (SSSR count). The highest BCUT2D eigenvalue weighted by atomic mass is 16.5. The number of rotatable bonds is 3. The third-order valence-corrected chi connectivity index (χ3v) is 3.93. The second-order valence-corrected chi connectivity index (χ2v) is 4.86. The van der Waals surface area contributed by atoms with Crippen LogP contribution in [-0.2, 0) is 30.6 Å². The maximum absolute atomic E-state index is 10.3. The molecule has 0 aromatic heterocycles. The first-order valence-electron chi connectivity index (χ1n) is 6.82. The molecule has 18 heavy (non-hydrogen) atoms.